The maximum Gasteiger partial charge on any atom is 0.254 e. The largest absolute Gasteiger partial charge is 0.388 e. The van der Waals surface area contributed by atoms with Gasteiger partial charge in [-0.25, -0.2) is 4.98 Å². The van der Waals surface area contributed by atoms with Crippen LogP contribution in [0.2, 0.25) is 0 Å². The lowest BCUT2D eigenvalue weighted by Gasteiger charge is -2.30. The van der Waals surface area contributed by atoms with Crippen LogP contribution in [0.1, 0.15) is 36.5 Å². The molecule has 0 aromatic carbocycles. The van der Waals surface area contributed by atoms with Crippen molar-refractivity contribution in [3.8, 4) is 0 Å². The van der Waals surface area contributed by atoms with Crippen LogP contribution in [0, 0.1) is 0 Å². The van der Waals surface area contributed by atoms with Crippen molar-refractivity contribution in [1.29, 1.82) is 0 Å². The highest BCUT2D eigenvalue weighted by Gasteiger charge is 2.32. The highest BCUT2D eigenvalue weighted by Crippen LogP contribution is 2.24. The molecule has 2 amide bonds. The summed E-state index contributed by atoms with van der Waals surface area (Å²) in [6.45, 7) is 3.13. The molecule has 0 aliphatic carbocycles. The predicted octanol–water partition coefficient (Wildman–Crippen LogP) is 0.959. The van der Waals surface area contributed by atoms with Crippen LogP contribution in [-0.2, 0) is 4.79 Å². The molecule has 7 heteroatoms. The normalized spacial score (nSPS) is 21.5. The second kappa shape index (κ2) is 7.72. The molecule has 0 bridgehead atoms. The molecule has 0 spiro atoms. The van der Waals surface area contributed by atoms with Gasteiger partial charge in [0.2, 0.25) is 5.91 Å². The number of aromatic nitrogens is 1. The Morgan fingerprint density at radius 1 is 1.38 bits per heavy atom. The number of anilines is 1. The first kappa shape index (κ1) is 18.4. The van der Waals surface area contributed by atoms with Crippen molar-refractivity contribution in [2.24, 2.45) is 0 Å². The van der Waals surface area contributed by atoms with Gasteiger partial charge in [-0.15, -0.1) is 0 Å². The number of hydrogen-bond donors (Lipinski definition) is 2. The van der Waals surface area contributed by atoms with E-state index in [1.807, 2.05) is 19.0 Å². The fourth-order valence-corrected chi connectivity index (χ4v) is 3.12. The fraction of sp³-hybridized carbons (Fsp3) is 0.588. The first-order chi connectivity index (χ1) is 11.3. The molecule has 1 atom stereocenters. The van der Waals surface area contributed by atoms with Gasteiger partial charge in [0.15, 0.2) is 0 Å². The monoisotopic (exact) mass is 334 g/mol. The Hall–Kier alpha value is -1.99. The second-order valence-electron chi connectivity index (χ2n) is 6.72. The van der Waals surface area contributed by atoms with E-state index < -0.39 is 5.60 Å². The van der Waals surface area contributed by atoms with Gasteiger partial charge in [0.25, 0.3) is 5.91 Å². The van der Waals surface area contributed by atoms with Crippen molar-refractivity contribution in [2.75, 3.05) is 39.0 Å². The molecule has 1 unspecified atom stereocenters. The summed E-state index contributed by atoms with van der Waals surface area (Å²) >= 11 is 0. The summed E-state index contributed by atoms with van der Waals surface area (Å²) in [6, 6.07) is 3.23. The SMILES string of the molecule is CC(=O)Nc1cc(C(=O)N2CCCC(O)(CN(C)C)CC2)ccn1. The van der Waals surface area contributed by atoms with E-state index in [4.69, 9.17) is 0 Å². The Labute approximate surface area is 142 Å². The molecule has 1 aliphatic heterocycles. The molecule has 2 heterocycles. The maximum absolute atomic E-state index is 12.7. The fourth-order valence-electron chi connectivity index (χ4n) is 3.12. The van der Waals surface area contributed by atoms with E-state index in [1.165, 1.54) is 13.1 Å². The number of carbonyl (C=O) groups excluding carboxylic acids is 2. The highest BCUT2D eigenvalue weighted by molar-refractivity contribution is 5.96. The molecule has 132 valence electrons. The second-order valence-corrected chi connectivity index (χ2v) is 6.72. The third-order valence-corrected chi connectivity index (χ3v) is 4.13. The zero-order valence-corrected chi connectivity index (χ0v) is 14.6. The van der Waals surface area contributed by atoms with Crippen LogP contribution >= 0.6 is 0 Å². The van der Waals surface area contributed by atoms with Crippen molar-refractivity contribution in [3.05, 3.63) is 23.9 Å². The number of aliphatic hydroxyl groups is 1. The lowest BCUT2D eigenvalue weighted by Crippen LogP contribution is -2.41. The van der Waals surface area contributed by atoms with Gasteiger partial charge in [-0.3, -0.25) is 9.59 Å². The Morgan fingerprint density at radius 3 is 2.79 bits per heavy atom. The zero-order chi connectivity index (χ0) is 17.7. The first-order valence-corrected chi connectivity index (χ1v) is 8.19. The van der Waals surface area contributed by atoms with Crippen LogP contribution in [0.4, 0.5) is 5.82 Å². The number of amides is 2. The lowest BCUT2D eigenvalue weighted by molar-refractivity contribution is -0.114. The third kappa shape index (κ3) is 5.01. The van der Waals surface area contributed by atoms with Crippen LogP contribution < -0.4 is 5.32 Å². The van der Waals surface area contributed by atoms with Crippen LogP contribution in [0.3, 0.4) is 0 Å². The molecule has 1 aromatic rings. The van der Waals surface area contributed by atoms with Crippen molar-refractivity contribution in [3.63, 3.8) is 0 Å². The smallest absolute Gasteiger partial charge is 0.254 e. The summed E-state index contributed by atoms with van der Waals surface area (Å²) in [4.78, 5) is 31.6. The van der Waals surface area contributed by atoms with Gasteiger partial charge in [0, 0.05) is 38.3 Å². The molecule has 0 radical (unpaired) electrons. The number of pyridine rings is 1. The van der Waals surface area contributed by atoms with E-state index in [-0.39, 0.29) is 11.8 Å². The van der Waals surface area contributed by atoms with Crippen molar-refractivity contribution >= 4 is 17.6 Å². The Morgan fingerprint density at radius 2 is 2.12 bits per heavy atom. The maximum atomic E-state index is 12.7. The summed E-state index contributed by atoms with van der Waals surface area (Å²) < 4.78 is 0. The Bertz CT molecular complexity index is 605. The van der Waals surface area contributed by atoms with Gasteiger partial charge in [-0.05, 0) is 45.5 Å². The summed E-state index contributed by atoms with van der Waals surface area (Å²) in [6.07, 6.45) is 3.52. The molecule has 7 nitrogen and oxygen atoms in total. The molecule has 24 heavy (non-hydrogen) atoms. The van der Waals surface area contributed by atoms with Crippen molar-refractivity contribution < 1.29 is 14.7 Å². The number of likely N-dealkylation sites (tertiary alicyclic amines) is 1. The zero-order valence-electron chi connectivity index (χ0n) is 14.6. The van der Waals surface area contributed by atoms with Crippen LogP contribution in [0.5, 0.6) is 0 Å². The topological polar surface area (TPSA) is 85.8 Å². The molecule has 2 N–H and O–H groups in total. The summed E-state index contributed by atoms with van der Waals surface area (Å²) in [5.74, 6) is 0.0426. The summed E-state index contributed by atoms with van der Waals surface area (Å²) in [5.41, 5.74) is -0.259. The van der Waals surface area contributed by atoms with E-state index in [0.717, 1.165) is 6.42 Å². The highest BCUT2D eigenvalue weighted by atomic mass is 16.3. The van der Waals surface area contributed by atoms with Gasteiger partial charge in [0.05, 0.1) is 5.60 Å². The molecule has 1 saturated heterocycles. The van der Waals surface area contributed by atoms with Crippen LogP contribution in [0.25, 0.3) is 0 Å². The molecule has 1 aromatic heterocycles. The number of likely N-dealkylation sites (N-methyl/N-ethyl adjacent to an activating group) is 1. The minimum absolute atomic E-state index is 0.0990. The van der Waals surface area contributed by atoms with Gasteiger partial charge >= 0.3 is 0 Å². The van der Waals surface area contributed by atoms with Crippen molar-refractivity contribution in [2.45, 2.75) is 31.8 Å². The number of nitrogens with one attached hydrogen (secondary N) is 1. The minimum atomic E-state index is -0.752. The standard InChI is InChI=1S/C17H26N4O3/c1-13(22)19-15-11-14(5-8-18-15)16(23)21-9-4-6-17(24,7-10-21)12-20(2)3/h5,8,11,24H,4,6-7,9-10,12H2,1-3H3,(H,18,19,22). The number of nitrogens with zero attached hydrogens (tertiary/aromatic N) is 3. The first-order valence-electron chi connectivity index (χ1n) is 8.19. The van der Waals surface area contributed by atoms with Crippen LogP contribution in [-0.4, -0.2) is 71.0 Å². The minimum Gasteiger partial charge on any atom is -0.388 e. The quantitative estimate of drug-likeness (QED) is 0.856. The van der Waals surface area contributed by atoms with E-state index in [9.17, 15) is 14.7 Å². The number of hydrogen-bond acceptors (Lipinski definition) is 5. The molecule has 1 fully saturated rings. The van der Waals surface area contributed by atoms with Crippen LogP contribution in [0.15, 0.2) is 18.3 Å². The van der Waals surface area contributed by atoms with E-state index in [1.54, 1.807) is 17.0 Å². The third-order valence-electron chi connectivity index (χ3n) is 4.13. The Balaban J connectivity index is 2.06. The van der Waals surface area contributed by atoms with E-state index in [0.29, 0.717) is 43.9 Å². The number of carbonyl (C=O) groups is 2. The molecular formula is C17H26N4O3. The average molecular weight is 334 g/mol. The van der Waals surface area contributed by atoms with Gasteiger partial charge in [-0.2, -0.15) is 0 Å². The predicted molar refractivity (Wildman–Crippen MR) is 91.8 cm³/mol. The van der Waals surface area contributed by atoms with Gasteiger partial charge in [-0.1, -0.05) is 0 Å². The molecule has 1 aliphatic rings. The summed E-state index contributed by atoms with van der Waals surface area (Å²) in [5, 5.41) is 13.3. The molecule has 2 rings (SSSR count). The Kier molecular flexibility index (Phi) is 5.90. The average Bonchev–Trinajstić information content (AvgIpc) is 2.67. The van der Waals surface area contributed by atoms with E-state index >= 15 is 0 Å². The summed E-state index contributed by atoms with van der Waals surface area (Å²) in [7, 11) is 3.87. The van der Waals surface area contributed by atoms with Gasteiger partial charge < -0.3 is 20.2 Å². The van der Waals surface area contributed by atoms with Crippen molar-refractivity contribution in [1.82, 2.24) is 14.8 Å². The molecular weight excluding hydrogens is 308 g/mol. The van der Waals surface area contributed by atoms with Gasteiger partial charge in [0.1, 0.15) is 5.82 Å². The lowest BCUT2D eigenvalue weighted by atomic mass is 9.94. The number of rotatable bonds is 4. The molecule has 0 saturated carbocycles. The van der Waals surface area contributed by atoms with E-state index in [2.05, 4.69) is 10.3 Å².